The van der Waals surface area contributed by atoms with E-state index in [0.29, 0.717) is 6.61 Å². The van der Waals surface area contributed by atoms with E-state index in [4.69, 9.17) is 4.74 Å². The molecular weight excluding hydrogens is 216 g/mol. The van der Waals surface area contributed by atoms with E-state index in [2.05, 4.69) is 10.3 Å². The normalized spacial score (nSPS) is 9.13. The van der Waals surface area contributed by atoms with Crippen molar-refractivity contribution >= 4 is 5.97 Å². The van der Waals surface area contributed by atoms with E-state index >= 15 is 0 Å². The molecule has 0 aliphatic carbocycles. The molecule has 84 valence electrons. The van der Waals surface area contributed by atoms with Crippen LogP contribution in [0.25, 0.3) is 0 Å². The Labute approximate surface area is 95.5 Å². The summed E-state index contributed by atoms with van der Waals surface area (Å²) < 4.78 is 4.80. The molecule has 2 N–H and O–H groups in total. The fourth-order valence-corrected chi connectivity index (χ4v) is 1.07. The van der Waals surface area contributed by atoms with E-state index < -0.39 is 0 Å². The monoisotopic (exact) mass is 230 g/mol. The Morgan fingerprint density at radius 1 is 1.47 bits per heavy atom. The number of aromatic nitrogens is 1. The minimum atomic E-state index is -0.220. The van der Waals surface area contributed by atoms with Crippen LogP contribution in [-0.2, 0) is 16.1 Å². The van der Waals surface area contributed by atoms with Gasteiger partial charge in [-0.25, -0.2) is 0 Å². The van der Waals surface area contributed by atoms with Crippen molar-refractivity contribution in [2.24, 2.45) is 0 Å². The van der Waals surface area contributed by atoms with Crippen molar-refractivity contribution in [2.45, 2.75) is 13.5 Å². The van der Waals surface area contributed by atoms with Crippen LogP contribution < -0.4 is 17.7 Å². The summed E-state index contributed by atoms with van der Waals surface area (Å²) in [4.78, 5) is 14.4. The van der Waals surface area contributed by atoms with Crippen molar-refractivity contribution in [1.29, 1.82) is 0 Å². The van der Waals surface area contributed by atoms with Crippen molar-refractivity contribution in [2.75, 3.05) is 13.2 Å². The second-order valence-corrected chi connectivity index (χ2v) is 2.98. The zero-order chi connectivity index (χ0) is 10.2. The number of esters is 1. The zero-order valence-corrected chi connectivity index (χ0v) is 9.41. The maximum atomic E-state index is 10.4. The summed E-state index contributed by atoms with van der Waals surface area (Å²) in [5, 5.41) is 2.10. The fourth-order valence-electron chi connectivity index (χ4n) is 1.07. The first-order valence-corrected chi connectivity index (χ1v) is 4.63. The molecule has 0 fully saturated rings. The summed E-state index contributed by atoms with van der Waals surface area (Å²) in [6.07, 6.45) is 3.55. The molecule has 4 nitrogen and oxygen atoms in total. The van der Waals surface area contributed by atoms with Gasteiger partial charge in [0.15, 0.2) is 0 Å². The number of nitrogens with zero attached hydrogens (tertiary/aromatic N) is 1. The Balaban J connectivity index is 0.00000196. The fraction of sp³-hybridized carbons (Fsp3) is 0.400. The molecule has 0 atom stereocenters. The van der Waals surface area contributed by atoms with Crippen molar-refractivity contribution in [3.05, 3.63) is 30.1 Å². The van der Waals surface area contributed by atoms with Gasteiger partial charge in [0, 0.05) is 24.9 Å². The number of hydrogen-bond donors (Lipinski definition) is 1. The van der Waals surface area contributed by atoms with Crippen molar-refractivity contribution < 1.29 is 27.3 Å². The molecule has 0 unspecified atom stereocenters. The number of carbonyl (C=O) groups is 1. The van der Waals surface area contributed by atoms with Crippen LogP contribution in [0.3, 0.4) is 0 Å². The highest BCUT2D eigenvalue weighted by Gasteiger charge is 1.96. The summed E-state index contributed by atoms with van der Waals surface area (Å²) in [5.74, 6) is -0.220. The zero-order valence-electron chi connectivity index (χ0n) is 8.65. The molecule has 0 aromatic carbocycles. The third kappa shape index (κ3) is 6.88. The number of rotatable bonds is 5. The second kappa shape index (κ2) is 8.20. The van der Waals surface area contributed by atoms with Gasteiger partial charge >= 0.3 is 5.97 Å². The summed E-state index contributed by atoms with van der Waals surface area (Å²) in [6, 6.07) is 3.95. The molecule has 0 saturated carbocycles. The molecule has 5 heteroatoms. The third-order valence-electron chi connectivity index (χ3n) is 1.76. The Morgan fingerprint density at radius 2 is 2.13 bits per heavy atom. The summed E-state index contributed by atoms with van der Waals surface area (Å²) in [6.45, 7) is 3.58. The lowest BCUT2D eigenvalue weighted by atomic mass is 10.3. The van der Waals surface area contributed by atoms with Crippen LogP contribution >= 0.6 is 0 Å². The molecule has 0 aliphatic rings. The average Bonchev–Trinajstić information content (AvgIpc) is 2.18. The number of halogens is 1. The quantitative estimate of drug-likeness (QED) is 0.426. The predicted molar refractivity (Wildman–Crippen MR) is 51.4 cm³/mol. The van der Waals surface area contributed by atoms with Gasteiger partial charge in [0.1, 0.15) is 19.7 Å². The summed E-state index contributed by atoms with van der Waals surface area (Å²) in [7, 11) is 0. The smallest absolute Gasteiger partial charge is 0.302 e. The van der Waals surface area contributed by atoms with E-state index in [9.17, 15) is 4.79 Å². The maximum absolute atomic E-state index is 10.4. The molecule has 1 aromatic heterocycles. The molecule has 15 heavy (non-hydrogen) atoms. The highest BCUT2D eigenvalue weighted by atomic mass is 35.5. The lowest BCUT2D eigenvalue weighted by Crippen LogP contribution is -3.00. The maximum Gasteiger partial charge on any atom is 0.302 e. The average molecular weight is 231 g/mol. The standard InChI is InChI=1S/C10H14N2O2.ClH/c1-9(13)14-7-6-12-8-10-2-4-11-5-3-10;/h2-5,12H,6-8H2,1H3;1H. The van der Waals surface area contributed by atoms with E-state index in [-0.39, 0.29) is 18.4 Å². The van der Waals surface area contributed by atoms with Gasteiger partial charge in [-0.3, -0.25) is 9.78 Å². The molecule has 0 bridgehead atoms. The highest BCUT2D eigenvalue weighted by molar-refractivity contribution is 5.65. The largest absolute Gasteiger partial charge is 1.00 e. The van der Waals surface area contributed by atoms with Gasteiger partial charge in [-0.05, 0) is 12.1 Å². The second-order valence-electron chi connectivity index (χ2n) is 2.98. The van der Waals surface area contributed by atoms with Crippen LogP contribution in [0, 0.1) is 0 Å². The minimum Gasteiger partial charge on any atom is -1.00 e. The minimum absolute atomic E-state index is 0. The van der Waals surface area contributed by atoms with Crippen LogP contribution in [0.2, 0.25) is 0 Å². The molecule has 0 radical (unpaired) electrons. The molecule has 0 spiro atoms. The number of quaternary nitrogens is 1. The van der Waals surface area contributed by atoms with Crippen LogP contribution in [0.4, 0.5) is 0 Å². The van der Waals surface area contributed by atoms with E-state index in [1.165, 1.54) is 12.5 Å². The Kier molecular flexibility index (Phi) is 7.58. The number of ether oxygens (including phenoxy) is 1. The van der Waals surface area contributed by atoms with E-state index in [0.717, 1.165) is 13.1 Å². The Bertz CT molecular complexity index is 280. The van der Waals surface area contributed by atoms with Crippen LogP contribution in [0.1, 0.15) is 12.5 Å². The number of pyridine rings is 1. The van der Waals surface area contributed by atoms with Gasteiger partial charge in [-0.15, -0.1) is 0 Å². The number of nitrogens with two attached hydrogens (primary N) is 1. The Morgan fingerprint density at radius 3 is 2.73 bits per heavy atom. The summed E-state index contributed by atoms with van der Waals surface area (Å²) >= 11 is 0. The molecule has 1 rings (SSSR count). The first-order chi connectivity index (χ1) is 6.79. The molecule has 0 saturated heterocycles. The molecule has 1 aromatic rings. The van der Waals surface area contributed by atoms with Crippen LogP contribution in [-0.4, -0.2) is 24.1 Å². The van der Waals surface area contributed by atoms with Gasteiger partial charge in [-0.2, -0.15) is 0 Å². The van der Waals surface area contributed by atoms with Crippen molar-refractivity contribution in [3.63, 3.8) is 0 Å². The molecular formula is C10H15ClN2O2. The number of hydrogen-bond acceptors (Lipinski definition) is 3. The Hall–Kier alpha value is -1.13. The summed E-state index contributed by atoms with van der Waals surface area (Å²) in [5.41, 5.74) is 1.22. The topological polar surface area (TPSA) is 55.8 Å². The van der Waals surface area contributed by atoms with Gasteiger partial charge < -0.3 is 22.5 Å². The van der Waals surface area contributed by atoms with Crippen molar-refractivity contribution in [3.8, 4) is 0 Å². The highest BCUT2D eigenvalue weighted by Crippen LogP contribution is 1.91. The van der Waals surface area contributed by atoms with Crippen LogP contribution in [0.15, 0.2) is 24.5 Å². The van der Waals surface area contributed by atoms with Gasteiger partial charge in [0.25, 0.3) is 0 Å². The predicted octanol–water partition coefficient (Wildman–Crippen LogP) is -3.29. The van der Waals surface area contributed by atoms with Crippen molar-refractivity contribution in [1.82, 2.24) is 4.98 Å². The van der Waals surface area contributed by atoms with E-state index in [1.807, 2.05) is 12.1 Å². The molecule has 0 aliphatic heterocycles. The van der Waals surface area contributed by atoms with Gasteiger partial charge in [-0.1, -0.05) is 0 Å². The first kappa shape index (κ1) is 13.9. The lowest BCUT2D eigenvalue weighted by Gasteiger charge is -2.01. The van der Waals surface area contributed by atoms with Crippen LogP contribution in [0.5, 0.6) is 0 Å². The molecule has 0 amide bonds. The van der Waals surface area contributed by atoms with E-state index in [1.54, 1.807) is 12.4 Å². The SMILES string of the molecule is CC(=O)OCC[NH2+]Cc1ccncc1.[Cl-]. The third-order valence-corrected chi connectivity index (χ3v) is 1.76. The lowest BCUT2D eigenvalue weighted by molar-refractivity contribution is -0.671. The van der Waals surface area contributed by atoms with Gasteiger partial charge in [0.05, 0.1) is 0 Å². The van der Waals surface area contributed by atoms with Gasteiger partial charge in [0.2, 0.25) is 0 Å². The number of carbonyl (C=O) groups excluding carboxylic acids is 1. The first-order valence-electron chi connectivity index (χ1n) is 4.63. The molecule has 1 heterocycles.